The first-order chi connectivity index (χ1) is 13.2. The standard InChI is InChI=1S/C21H25ClN2O4/c1-21(2,3)28-20(26)24-12-14(18-16(22)6-5-7-17(18)24)10-15-9-8-13(11-23-15)19(25)27-4/h5-8,12,15,23H,9-11H2,1-4H3/t15-/m0/s1. The van der Waals surface area contributed by atoms with Crippen molar-refractivity contribution >= 4 is 34.6 Å². The first-order valence-corrected chi connectivity index (χ1v) is 9.60. The zero-order valence-electron chi connectivity index (χ0n) is 16.5. The highest BCUT2D eigenvalue weighted by molar-refractivity contribution is 6.35. The third kappa shape index (κ3) is 4.39. The van der Waals surface area contributed by atoms with E-state index in [1.807, 2.05) is 45.0 Å². The molecule has 0 unspecified atom stereocenters. The van der Waals surface area contributed by atoms with Gasteiger partial charge in [-0.1, -0.05) is 23.7 Å². The highest BCUT2D eigenvalue weighted by Crippen LogP contribution is 2.31. The van der Waals surface area contributed by atoms with Gasteiger partial charge in [0.25, 0.3) is 0 Å². The van der Waals surface area contributed by atoms with Crippen molar-refractivity contribution in [2.45, 2.75) is 45.3 Å². The summed E-state index contributed by atoms with van der Waals surface area (Å²) in [6.07, 6.45) is 4.62. The molecule has 0 bridgehead atoms. The molecule has 1 N–H and O–H groups in total. The van der Waals surface area contributed by atoms with Crippen molar-refractivity contribution < 1.29 is 19.1 Å². The van der Waals surface area contributed by atoms with Crippen LogP contribution in [0.4, 0.5) is 4.79 Å². The molecule has 0 saturated carbocycles. The van der Waals surface area contributed by atoms with E-state index in [0.717, 1.165) is 16.5 Å². The van der Waals surface area contributed by atoms with Crippen LogP contribution in [0.3, 0.4) is 0 Å². The van der Waals surface area contributed by atoms with Crippen LogP contribution < -0.4 is 5.32 Å². The highest BCUT2D eigenvalue weighted by atomic mass is 35.5. The van der Waals surface area contributed by atoms with Gasteiger partial charge in [-0.25, -0.2) is 9.59 Å². The number of carbonyl (C=O) groups excluding carboxylic acids is 2. The molecule has 6 nitrogen and oxygen atoms in total. The van der Waals surface area contributed by atoms with Gasteiger partial charge in [0.05, 0.1) is 17.6 Å². The number of hydrogen-bond donors (Lipinski definition) is 1. The molecule has 0 fully saturated rings. The SMILES string of the molecule is COC(=O)C1=CC[C@@H](Cc2cn(C(=O)OC(C)(C)C)c3cccc(Cl)c23)NC1. The van der Waals surface area contributed by atoms with Gasteiger partial charge in [-0.15, -0.1) is 0 Å². The van der Waals surface area contributed by atoms with Crippen LogP contribution >= 0.6 is 11.6 Å². The second-order valence-electron chi connectivity index (χ2n) is 7.88. The van der Waals surface area contributed by atoms with E-state index in [1.54, 1.807) is 6.20 Å². The lowest BCUT2D eigenvalue weighted by atomic mass is 9.98. The topological polar surface area (TPSA) is 69.6 Å². The minimum absolute atomic E-state index is 0.127. The summed E-state index contributed by atoms with van der Waals surface area (Å²) in [5.74, 6) is -0.310. The number of nitrogens with zero attached hydrogens (tertiary/aromatic N) is 1. The fourth-order valence-corrected chi connectivity index (χ4v) is 3.63. The van der Waals surface area contributed by atoms with Crippen molar-refractivity contribution in [3.8, 4) is 0 Å². The molecular weight excluding hydrogens is 380 g/mol. The summed E-state index contributed by atoms with van der Waals surface area (Å²) in [5.41, 5.74) is 1.72. The monoisotopic (exact) mass is 404 g/mol. The summed E-state index contributed by atoms with van der Waals surface area (Å²) in [6, 6.07) is 5.62. The lowest BCUT2D eigenvalue weighted by Crippen LogP contribution is -2.37. The van der Waals surface area contributed by atoms with Crippen LogP contribution in [0.1, 0.15) is 32.8 Å². The molecule has 1 atom stereocenters. The predicted octanol–water partition coefficient (Wildman–Crippen LogP) is 4.08. The second-order valence-corrected chi connectivity index (χ2v) is 8.28. The van der Waals surface area contributed by atoms with Gasteiger partial charge in [-0.05, 0) is 51.3 Å². The number of aromatic nitrogens is 1. The Morgan fingerprint density at radius 3 is 2.68 bits per heavy atom. The summed E-state index contributed by atoms with van der Waals surface area (Å²) < 4.78 is 11.8. The minimum Gasteiger partial charge on any atom is -0.466 e. The molecule has 7 heteroatoms. The largest absolute Gasteiger partial charge is 0.466 e. The molecular formula is C21H25ClN2O4. The molecule has 2 aromatic rings. The summed E-state index contributed by atoms with van der Waals surface area (Å²) >= 11 is 6.46. The van der Waals surface area contributed by atoms with E-state index in [2.05, 4.69) is 5.32 Å². The number of rotatable bonds is 3. The van der Waals surface area contributed by atoms with E-state index < -0.39 is 11.7 Å². The number of esters is 1. The van der Waals surface area contributed by atoms with Gasteiger partial charge < -0.3 is 14.8 Å². The number of fused-ring (bicyclic) bond motifs is 1. The number of nitrogens with one attached hydrogen (secondary N) is 1. The summed E-state index contributed by atoms with van der Waals surface area (Å²) in [7, 11) is 1.38. The zero-order chi connectivity index (χ0) is 20.5. The number of ether oxygens (including phenoxy) is 2. The summed E-state index contributed by atoms with van der Waals surface area (Å²) in [5, 5.41) is 4.80. The van der Waals surface area contributed by atoms with Crippen molar-refractivity contribution in [2.24, 2.45) is 0 Å². The van der Waals surface area contributed by atoms with E-state index in [1.165, 1.54) is 11.7 Å². The Hall–Kier alpha value is -2.31. The maximum Gasteiger partial charge on any atom is 0.419 e. The van der Waals surface area contributed by atoms with E-state index >= 15 is 0 Å². The number of halogens is 1. The van der Waals surface area contributed by atoms with Crippen LogP contribution in [0.25, 0.3) is 10.9 Å². The predicted molar refractivity (Wildman–Crippen MR) is 109 cm³/mol. The zero-order valence-corrected chi connectivity index (χ0v) is 17.3. The third-order valence-electron chi connectivity index (χ3n) is 4.59. The minimum atomic E-state index is -0.591. The molecule has 28 heavy (non-hydrogen) atoms. The van der Waals surface area contributed by atoms with Gasteiger partial charge in [-0.3, -0.25) is 4.57 Å². The Labute approximate surface area is 169 Å². The highest BCUT2D eigenvalue weighted by Gasteiger charge is 2.24. The maximum atomic E-state index is 12.7. The molecule has 150 valence electrons. The fraction of sp³-hybridized carbons (Fsp3) is 0.429. The van der Waals surface area contributed by atoms with E-state index in [0.29, 0.717) is 30.0 Å². The Morgan fingerprint density at radius 2 is 2.07 bits per heavy atom. The van der Waals surface area contributed by atoms with Gasteiger partial charge in [0.2, 0.25) is 0 Å². The lowest BCUT2D eigenvalue weighted by Gasteiger charge is -2.22. The fourth-order valence-electron chi connectivity index (χ4n) is 3.34. The van der Waals surface area contributed by atoms with Crippen molar-refractivity contribution in [3.05, 3.63) is 46.6 Å². The quantitative estimate of drug-likeness (QED) is 0.780. The van der Waals surface area contributed by atoms with Crippen LogP contribution in [-0.2, 0) is 20.7 Å². The molecule has 1 aliphatic rings. The molecule has 0 amide bonds. The molecule has 0 aliphatic carbocycles. The van der Waals surface area contributed by atoms with E-state index in [9.17, 15) is 9.59 Å². The Bertz CT molecular complexity index is 940. The van der Waals surface area contributed by atoms with Crippen LogP contribution in [0.2, 0.25) is 5.02 Å². The lowest BCUT2D eigenvalue weighted by molar-refractivity contribution is -0.136. The first kappa shape index (κ1) is 20.4. The van der Waals surface area contributed by atoms with Gasteiger partial charge in [0.15, 0.2) is 0 Å². The molecule has 3 rings (SSSR count). The normalized spacial score (nSPS) is 17.3. The van der Waals surface area contributed by atoms with Crippen LogP contribution in [0.15, 0.2) is 36.0 Å². The van der Waals surface area contributed by atoms with E-state index in [4.69, 9.17) is 21.1 Å². The van der Waals surface area contributed by atoms with Gasteiger partial charge in [0.1, 0.15) is 5.60 Å². The number of hydrogen-bond acceptors (Lipinski definition) is 5. The molecule has 2 heterocycles. The molecule has 0 spiro atoms. The number of benzene rings is 1. The second kappa shape index (κ2) is 7.97. The molecule has 1 aromatic heterocycles. The smallest absolute Gasteiger partial charge is 0.419 e. The van der Waals surface area contributed by atoms with Crippen molar-refractivity contribution in [2.75, 3.05) is 13.7 Å². The Morgan fingerprint density at radius 1 is 1.32 bits per heavy atom. The van der Waals surface area contributed by atoms with Crippen LogP contribution in [0, 0.1) is 0 Å². The molecule has 0 saturated heterocycles. The average molecular weight is 405 g/mol. The van der Waals surface area contributed by atoms with Crippen molar-refractivity contribution in [1.82, 2.24) is 9.88 Å². The molecule has 0 radical (unpaired) electrons. The van der Waals surface area contributed by atoms with Gasteiger partial charge in [-0.2, -0.15) is 0 Å². The number of carbonyl (C=O) groups is 2. The average Bonchev–Trinajstić information content (AvgIpc) is 3.00. The maximum absolute atomic E-state index is 12.7. The number of methoxy groups -OCH3 is 1. The molecule has 1 aliphatic heterocycles. The molecule has 1 aromatic carbocycles. The Kier molecular flexibility index (Phi) is 5.82. The Balaban J connectivity index is 1.89. The van der Waals surface area contributed by atoms with Gasteiger partial charge >= 0.3 is 12.1 Å². The van der Waals surface area contributed by atoms with Gasteiger partial charge in [0, 0.05) is 29.7 Å². The van der Waals surface area contributed by atoms with Crippen molar-refractivity contribution in [1.29, 1.82) is 0 Å². The summed E-state index contributed by atoms with van der Waals surface area (Å²) in [4.78, 5) is 24.3. The van der Waals surface area contributed by atoms with Crippen molar-refractivity contribution in [3.63, 3.8) is 0 Å². The van der Waals surface area contributed by atoms with E-state index in [-0.39, 0.29) is 12.0 Å². The van der Waals surface area contributed by atoms with Crippen LogP contribution in [-0.4, -0.2) is 41.9 Å². The first-order valence-electron chi connectivity index (χ1n) is 9.22. The van der Waals surface area contributed by atoms with Crippen LogP contribution in [0.5, 0.6) is 0 Å². The third-order valence-corrected chi connectivity index (χ3v) is 4.91. The summed E-state index contributed by atoms with van der Waals surface area (Å²) in [6.45, 7) is 5.96.